The van der Waals surface area contributed by atoms with Gasteiger partial charge in [-0.05, 0) is 23.8 Å². The Morgan fingerprint density at radius 2 is 2.09 bits per heavy atom. The Hall–Kier alpha value is -0.230. The quantitative estimate of drug-likeness (QED) is 0.520. The van der Waals surface area contributed by atoms with Crippen molar-refractivity contribution < 1.29 is 0 Å². The number of hydrogen-bond donors (Lipinski definition) is 0. The first-order valence-corrected chi connectivity index (χ1v) is 4.41. The summed E-state index contributed by atoms with van der Waals surface area (Å²) < 4.78 is 0. The monoisotopic (exact) mass is 170 g/mol. The van der Waals surface area contributed by atoms with Crippen LogP contribution in [0.2, 0.25) is 0 Å². The van der Waals surface area contributed by atoms with E-state index in [0.29, 0.717) is 11.3 Å². The molecular weight excluding hydrogens is 156 g/mol. The van der Waals surface area contributed by atoms with Crippen LogP contribution in [0.3, 0.4) is 0 Å². The van der Waals surface area contributed by atoms with Crippen molar-refractivity contribution in [3.05, 3.63) is 23.3 Å². The third kappa shape index (κ3) is 2.37. The maximum atomic E-state index is 5.93. The molecule has 0 heterocycles. The SMILES string of the molecule is CC(C)(C)C1C=CC=C(Cl)C1. The first kappa shape index (κ1) is 8.86. The van der Waals surface area contributed by atoms with Gasteiger partial charge in [0.1, 0.15) is 0 Å². The van der Waals surface area contributed by atoms with Gasteiger partial charge in [-0.2, -0.15) is 0 Å². The number of halogens is 1. The zero-order valence-corrected chi connectivity index (χ0v) is 8.15. The molecule has 11 heavy (non-hydrogen) atoms. The van der Waals surface area contributed by atoms with Crippen LogP contribution in [0.25, 0.3) is 0 Å². The Kier molecular flexibility index (Phi) is 2.43. The fourth-order valence-electron chi connectivity index (χ4n) is 1.24. The molecule has 62 valence electrons. The van der Waals surface area contributed by atoms with E-state index in [-0.39, 0.29) is 0 Å². The highest BCUT2D eigenvalue weighted by atomic mass is 35.5. The molecule has 0 aliphatic heterocycles. The summed E-state index contributed by atoms with van der Waals surface area (Å²) in [6.07, 6.45) is 7.28. The molecule has 0 saturated heterocycles. The summed E-state index contributed by atoms with van der Waals surface area (Å²) in [5, 5.41) is 0.979. The van der Waals surface area contributed by atoms with Crippen LogP contribution in [0.15, 0.2) is 23.3 Å². The average Bonchev–Trinajstić information content (AvgIpc) is 1.86. The van der Waals surface area contributed by atoms with Crippen molar-refractivity contribution in [3.8, 4) is 0 Å². The van der Waals surface area contributed by atoms with Gasteiger partial charge in [0.25, 0.3) is 0 Å². The van der Waals surface area contributed by atoms with Gasteiger partial charge in [0.2, 0.25) is 0 Å². The van der Waals surface area contributed by atoms with Crippen LogP contribution in [0.4, 0.5) is 0 Å². The first-order chi connectivity index (χ1) is 5.00. The fraction of sp³-hybridized carbons (Fsp3) is 0.600. The molecule has 0 bridgehead atoms. The second-order valence-electron chi connectivity index (χ2n) is 4.18. The molecule has 1 aliphatic carbocycles. The van der Waals surface area contributed by atoms with E-state index in [4.69, 9.17) is 11.6 Å². The maximum absolute atomic E-state index is 5.93. The zero-order chi connectivity index (χ0) is 8.48. The zero-order valence-electron chi connectivity index (χ0n) is 7.39. The van der Waals surface area contributed by atoms with E-state index >= 15 is 0 Å². The van der Waals surface area contributed by atoms with Crippen molar-refractivity contribution in [3.63, 3.8) is 0 Å². The second kappa shape index (κ2) is 3.02. The van der Waals surface area contributed by atoms with Crippen LogP contribution in [0.5, 0.6) is 0 Å². The summed E-state index contributed by atoms with van der Waals surface area (Å²) in [5.74, 6) is 0.597. The molecule has 0 aromatic heterocycles. The predicted molar refractivity (Wildman–Crippen MR) is 50.6 cm³/mol. The van der Waals surface area contributed by atoms with E-state index in [0.717, 1.165) is 11.5 Å². The molecular formula is C10H15Cl. The van der Waals surface area contributed by atoms with Crippen LogP contribution >= 0.6 is 11.6 Å². The maximum Gasteiger partial charge on any atom is 0.0186 e. The summed E-state index contributed by atoms with van der Waals surface area (Å²) >= 11 is 5.93. The minimum absolute atomic E-state index is 0.338. The van der Waals surface area contributed by atoms with Crippen molar-refractivity contribution in [2.75, 3.05) is 0 Å². The molecule has 1 heteroatoms. The van der Waals surface area contributed by atoms with Crippen molar-refractivity contribution in [2.45, 2.75) is 27.2 Å². The van der Waals surface area contributed by atoms with Crippen LogP contribution in [-0.2, 0) is 0 Å². The third-order valence-corrected chi connectivity index (χ3v) is 2.43. The van der Waals surface area contributed by atoms with Gasteiger partial charge in [-0.15, -0.1) is 0 Å². The molecule has 0 fully saturated rings. The van der Waals surface area contributed by atoms with Gasteiger partial charge in [-0.25, -0.2) is 0 Å². The highest BCUT2D eigenvalue weighted by Crippen LogP contribution is 2.35. The molecule has 1 unspecified atom stereocenters. The topological polar surface area (TPSA) is 0 Å². The van der Waals surface area contributed by atoms with Gasteiger partial charge < -0.3 is 0 Å². The molecule has 0 aromatic rings. The standard InChI is InChI=1S/C10H15Cl/c1-10(2,3)8-5-4-6-9(11)7-8/h4-6,8H,7H2,1-3H3. The van der Waals surface area contributed by atoms with Crippen LogP contribution in [0.1, 0.15) is 27.2 Å². The van der Waals surface area contributed by atoms with Gasteiger partial charge in [0, 0.05) is 5.03 Å². The second-order valence-corrected chi connectivity index (χ2v) is 4.66. The summed E-state index contributed by atoms with van der Waals surface area (Å²) in [6.45, 7) is 6.74. The molecule has 0 radical (unpaired) electrons. The van der Waals surface area contributed by atoms with E-state index in [1.165, 1.54) is 0 Å². The molecule has 0 N–H and O–H groups in total. The Bertz CT molecular complexity index is 193. The van der Waals surface area contributed by atoms with E-state index in [1.807, 2.05) is 6.08 Å². The summed E-state index contributed by atoms with van der Waals surface area (Å²) in [7, 11) is 0. The van der Waals surface area contributed by atoms with Gasteiger partial charge in [0.15, 0.2) is 0 Å². The molecule has 0 nitrogen and oxygen atoms in total. The molecule has 1 atom stereocenters. The highest BCUT2D eigenvalue weighted by Gasteiger charge is 2.23. The van der Waals surface area contributed by atoms with Crippen LogP contribution in [0, 0.1) is 11.3 Å². The van der Waals surface area contributed by atoms with E-state index in [2.05, 4.69) is 32.9 Å². The molecule has 0 amide bonds. The minimum atomic E-state index is 0.338. The van der Waals surface area contributed by atoms with Crippen molar-refractivity contribution in [1.82, 2.24) is 0 Å². The Labute approximate surface area is 73.9 Å². The van der Waals surface area contributed by atoms with Gasteiger partial charge in [-0.1, -0.05) is 44.5 Å². The van der Waals surface area contributed by atoms with Gasteiger partial charge in [0.05, 0.1) is 0 Å². The predicted octanol–water partition coefficient (Wildman–Crippen LogP) is 3.73. The molecule has 1 aliphatic rings. The molecule has 0 saturated carbocycles. The lowest BCUT2D eigenvalue weighted by Gasteiger charge is -2.29. The fourth-order valence-corrected chi connectivity index (χ4v) is 1.47. The number of hydrogen-bond acceptors (Lipinski definition) is 0. The van der Waals surface area contributed by atoms with Crippen LogP contribution < -0.4 is 0 Å². The Balaban J connectivity index is 2.67. The molecule has 0 aromatic carbocycles. The van der Waals surface area contributed by atoms with Crippen LogP contribution in [-0.4, -0.2) is 0 Å². The average molecular weight is 171 g/mol. The van der Waals surface area contributed by atoms with Crippen molar-refractivity contribution >= 4 is 11.6 Å². The smallest absolute Gasteiger partial charge is 0.0186 e. The number of rotatable bonds is 0. The van der Waals surface area contributed by atoms with Gasteiger partial charge >= 0.3 is 0 Å². The Morgan fingerprint density at radius 1 is 1.45 bits per heavy atom. The normalized spacial score (nSPS) is 25.1. The minimum Gasteiger partial charge on any atom is -0.0891 e. The summed E-state index contributed by atoms with van der Waals surface area (Å²) in [5.41, 5.74) is 0.338. The summed E-state index contributed by atoms with van der Waals surface area (Å²) in [6, 6.07) is 0. The number of allylic oxidation sites excluding steroid dienone is 4. The van der Waals surface area contributed by atoms with Crippen molar-refractivity contribution in [1.29, 1.82) is 0 Å². The van der Waals surface area contributed by atoms with Gasteiger partial charge in [-0.3, -0.25) is 0 Å². The summed E-state index contributed by atoms with van der Waals surface area (Å²) in [4.78, 5) is 0. The first-order valence-electron chi connectivity index (χ1n) is 4.03. The third-order valence-electron chi connectivity index (χ3n) is 2.15. The van der Waals surface area contributed by atoms with Crippen molar-refractivity contribution in [2.24, 2.45) is 11.3 Å². The lowest BCUT2D eigenvalue weighted by atomic mass is 9.77. The molecule has 0 spiro atoms. The lowest BCUT2D eigenvalue weighted by molar-refractivity contribution is 0.292. The molecule has 1 rings (SSSR count). The largest absolute Gasteiger partial charge is 0.0891 e. The van der Waals surface area contributed by atoms with E-state index in [9.17, 15) is 0 Å². The highest BCUT2D eigenvalue weighted by molar-refractivity contribution is 6.29. The van der Waals surface area contributed by atoms with E-state index in [1.54, 1.807) is 0 Å². The lowest BCUT2D eigenvalue weighted by Crippen LogP contribution is -2.19. The van der Waals surface area contributed by atoms with E-state index < -0.39 is 0 Å². The Morgan fingerprint density at radius 3 is 2.45 bits per heavy atom.